The molecule has 0 bridgehead atoms. The summed E-state index contributed by atoms with van der Waals surface area (Å²) in [6.45, 7) is 7.87. The van der Waals surface area contributed by atoms with E-state index in [0.717, 1.165) is 39.0 Å². The van der Waals surface area contributed by atoms with E-state index in [1.165, 1.54) is 0 Å². The van der Waals surface area contributed by atoms with Crippen molar-refractivity contribution >= 4 is 0 Å². The van der Waals surface area contributed by atoms with E-state index in [9.17, 15) is 5.11 Å². The Kier molecular flexibility index (Phi) is 3.51. The molecule has 0 amide bonds. The van der Waals surface area contributed by atoms with Gasteiger partial charge in [-0.05, 0) is 25.8 Å². The number of aliphatic hydroxyl groups is 1. The van der Waals surface area contributed by atoms with E-state index in [1.807, 2.05) is 0 Å². The lowest BCUT2D eigenvalue weighted by Gasteiger charge is -2.58. The second-order valence-electron chi connectivity index (χ2n) is 6.31. The number of hydrogen-bond acceptors (Lipinski definition) is 4. The van der Waals surface area contributed by atoms with Gasteiger partial charge < -0.3 is 20.9 Å². The van der Waals surface area contributed by atoms with E-state index < -0.39 is 5.60 Å². The van der Waals surface area contributed by atoms with Gasteiger partial charge in [-0.25, -0.2) is 0 Å². The summed E-state index contributed by atoms with van der Waals surface area (Å²) in [5, 5.41) is 14.6. The Morgan fingerprint density at radius 1 is 1.35 bits per heavy atom. The second-order valence-corrected chi connectivity index (χ2v) is 6.31. The van der Waals surface area contributed by atoms with Crippen molar-refractivity contribution in [1.82, 2.24) is 5.32 Å². The molecule has 0 saturated carbocycles. The van der Waals surface area contributed by atoms with Crippen LogP contribution in [0, 0.1) is 10.8 Å². The SMILES string of the molecule is CC1(C)CNCCC1(O)C1(CN)CCCOC1. The van der Waals surface area contributed by atoms with Gasteiger partial charge in [0.05, 0.1) is 12.2 Å². The van der Waals surface area contributed by atoms with Gasteiger partial charge in [-0.3, -0.25) is 0 Å². The largest absolute Gasteiger partial charge is 0.389 e. The quantitative estimate of drug-likeness (QED) is 0.659. The summed E-state index contributed by atoms with van der Waals surface area (Å²) in [7, 11) is 0. The number of piperidine rings is 1. The van der Waals surface area contributed by atoms with E-state index in [2.05, 4.69) is 19.2 Å². The van der Waals surface area contributed by atoms with Crippen molar-refractivity contribution < 1.29 is 9.84 Å². The predicted octanol–water partition coefficient (Wildman–Crippen LogP) is 0.492. The van der Waals surface area contributed by atoms with Gasteiger partial charge in [-0.2, -0.15) is 0 Å². The second kappa shape index (κ2) is 4.50. The molecule has 4 nitrogen and oxygen atoms in total. The van der Waals surface area contributed by atoms with E-state index >= 15 is 0 Å². The highest BCUT2D eigenvalue weighted by Gasteiger charge is 2.58. The summed E-state index contributed by atoms with van der Waals surface area (Å²) >= 11 is 0. The minimum absolute atomic E-state index is 0.161. The summed E-state index contributed by atoms with van der Waals surface area (Å²) in [5.74, 6) is 0. The van der Waals surface area contributed by atoms with Crippen molar-refractivity contribution in [3.8, 4) is 0 Å². The highest BCUT2D eigenvalue weighted by molar-refractivity contribution is 5.10. The van der Waals surface area contributed by atoms with Crippen LogP contribution in [0.15, 0.2) is 0 Å². The molecular weight excluding hydrogens is 216 g/mol. The first-order chi connectivity index (χ1) is 7.97. The molecule has 4 N–H and O–H groups in total. The zero-order chi connectivity index (χ0) is 12.6. The molecule has 0 aromatic carbocycles. The Morgan fingerprint density at radius 3 is 2.65 bits per heavy atom. The van der Waals surface area contributed by atoms with Gasteiger partial charge in [0.15, 0.2) is 0 Å². The van der Waals surface area contributed by atoms with Crippen LogP contribution < -0.4 is 11.1 Å². The molecule has 17 heavy (non-hydrogen) atoms. The smallest absolute Gasteiger partial charge is 0.0812 e. The molecule has 2 rings (SSSR count). The summed E-state index contributed by atoms with van der Waals surface area (Å²) in [6, 6.07) is 0. The first-order valence-electron chi connectivity index (χ1n) is 6.68. The lowest BCUT2D eigenvalue weighted by atomic mass is 9.55. The third kappa shape index (κ3) is 1.91. The Balaban J connectivity index is 2.32. The fourth-order valence-corrected chi connectivity index (χ4v) is 3.65. The maximum atomic E-state index is 11.3. The van der Waals surface area contributed by atoms with Crippen LogP contribution >= 0.6 is 0 Å². The van der Waals surface area contributed by atoms with Gasteiger partial charge in [0.1, 0.15) is 0 Å². The molecule has 2 saturated heterocycles. The van der Waals surface area contributed by atoms with Crippen LogP contribution in [0.4, 0.5) is 0 Å². The molecule has 0 aromatic heterocycles. The predicted molar refractivity (Wildman–Crippen MR) is 67.8 cm³/mol. The highest BCUT2D eigenvalue weighted by atomic mass is 16.5. The monoisotopic (exact) mass is 242 g/mol. The average molecular weight is 242 g/mol. The third-order valence-electron chi connectivity index (χ3n) is 4.94. The first-order valence-corrected chi connectivity index (χ1v) is 6.68. The Labute approximate surface area is 104 Å². The first kappa shape index (κ1) is 13.3. The summed E-state index contributed by atoms with van der Waals surface area (Å²) in [6.07, 6.45) is 2.74. The van der Waals surface area contributed by atoms with Crippen molar-refractivity contribution in [1.29, 1.82) is 0 Å². The van der Waals surface area contributed by atoms with Gasteiger partial charge in [0, 0.05) is 30.5 Å². The Bertz CT molecular complexity index is 275. The summed E-state index contributed by atoms with van der Waals surface area (Å²) in [4.78, 5) is 0. The molecule has 2 atom stereocenters. The third-order valence-corrected chi connectivity index (χ3v) is 4.94. The van der Waals surface area contributed by atoms with E-state index in [4.69, 9.17) is 10.5 Å². The van der Waals surface area contributed by atoms with Crippen molar-refractivity contribution in [2.45, 2.75) is 38.7 Å². The van der Waals surface area contributed by atoms with Crippen LogP contribution in [0.3, 0.4) is 0 Å². The van der Waals surface area contributed by atoms with Crippen LogP contribution in [0.1, 0.15) is 33.1 Å². The topological polar surface area (TPSA) is 67.5 Å². The van der Waals surface area contributed by atoms with E-state index in [-0.39, 0.29) is 10.8 Å². The minimum atomic E-state index is -0.722. The number of ether oxygens (including phenoxy) is 1. The Hall–Kier alpha value is -0.160. The molecule has 0 radical (unpaired) electrons. The number of nitrogens with one attached hydrogen (secondary N) is 1. The molecule has 0 spiro atoms. The van der Waals surface area contributed by atoms with E-state index in [1.54, 1.807) is 0 Å². The highest BCUT2D eigenvalue weighted by Crippen LogP contribution is 2.51. The minimum Gasteiger partial charge on any atom is -0.389 e. The molecule has 2 aliphatic rings. The lowest BCUT2D eigenvalue weighted by Crippen LogP contribution is -2.68. The molecule has 2 heterocycles. The van der Waals surface area contributed by atoms with Crippen LogP contribution in [0.2, 0.25) is 0 Å². The van der Waals surface area contributed by atoms with Crippen molar-refractivity contribution in [3.05, 3.63) is 0 Å². The van der Waals surface area contributed by atoms with Crippen molar-refractivity contribution in [3.63, 3.8) is 0 Å². The van der Waals surface area contributed by atoms with Crippen LogP contribution in [0.5, 0.6) is 0 Å². The van der Waals surface area contributed by atoms with Gasteiger partial charge in [-0.15, -0.1) is 0 Å². The molecule has 4 heteroatoms. The van der Waals surface area contributed by atoms with Crippen molar-refractivity contribution in [2.24, 2.45) is 16.6 Å². The standard InChI is InChI=1S/C13H26N2O2/c1-11(2)9-15-6-5-13(11,16)12(8-14)4-3-7-17-10-12/h15-16H,3-10,14H2,1-2H3. The molecule has 2 aliphatic heterocycles. The zero-order valence-corrected chi connectivity index (χ0v) is 11.1. The normalized spacial score (nSPS) is 42.4. The van der Waals surface area contributed by atoms with Crippen LogP contribution in [-0.4, -0.2) is 43.6 Å². The number of rotatable bonds is 2. The summed E-state index contributed by atoms with van der Waals surface area (Å²) in [5.41, 5.74) is 4.86. The van der Waals surface area contributed by atoms with Crippen LogP contribution in [0.25, 0.3) is 0 Å². The molecule has 100 valence electrons. The van der Waals surface area contributed by atoms with Gasteiger partial charge in [-0.1, -0.05) is 13.8 Å². The fourth-order valence-electron chi connectivity index (χ4n) is 3.65. The molecule has 2 unspecified atom stereocenters. The number of nitrogens with two attached hydrogens (primary N) is 1. The van der Waals surface area contributed by atoms with Crippen molar-refractivity contribution in [2.75, 3.05) is 32.8 Å². The Morgan fingerprint density at radius 2 is 2.12 bits per heavy atom. The van der Waals surface area contributed by atoms with Gasteiger partial charge in [0.25, 0.3) is 0 Å². The number of hydrogen-bond donors (Lipinski definition) is 3. The molecule has 0 aliphatic carbocycles. The lowest BCUT2D eigenvalue weighted by molar-refractivity contribution is -0.209. The maximum Gasteiger partial charge on any atom is 0.0812 e. The molecular formula is C13H26N2O2. The molecule has 2 fully saturated rings. The summed E-state index contributed by atoms with van der Waals surface area (Å²) < 4.78 is 5.63. The van der Waals surface area contributed by atoms with Crippen LogP contribution in [-0.2, 0) is 4.74 Å². The zero-order valence-electron chi connectivity index (χ0n) is 11.1. The fraction of sp³-hybridized carbons (Fsp3) is 1.00. The maximum absolute atomic E-state index is 11.3. The van der Waals surface area contributed by atoms with Gasteiger partial charge >= 0.3 is 0 Å². The molecule has 0 aromatic rings. The van der Waals surface area contributed by atoms with Gasteiger partial charge in [0.2, 0.25) is 0 Å². The van der Waals surface area contributed by atoms with E-state index in [0.29, 0.717) is 13.2 Å². The average Bonchev–Trinajstić information content (AvgIpc) is 2.33.